The Bertz CT molecular complexity index is 2750. The molecule has 19 heteroatoms. The van der Waals surface area contributed by atoms with Crippen molar-refractivity contribution in [2.75, 3.05) is 39.6 Å². The first-order valence-corrected chi connectivity index (χ1v) is 45.4. The maximum absolute atomic E-state index is 13.1. The van der Waals surface area contributed by atoms with E-state index in [2.05, 4.69) is 198 Å². The average molecular weight is 1580 g/mol. The van der Waals surface area contributed by atoms with Crippen LogP contribution in [0, 0.1) is 0 Å². The molecule has 0 aliphatic carbocycles. The summed E-state index contributed by atoms with van der Waals surface area (Å²) in [6.07, 6.45) is 97.4. The van der Waals surface area contributed by atoms with Crippen LogP contribution in [-0.4, -0.2) is 96.7 Å². The van der Waals surface area contributed by atoms with Crippen molar-refractivity contribution in [1.29, 1.82) is 0 Å². The van der Waals surface area contributed by atoms with Crippen LogP contribution in [0.4, 0.5) is 0 Å². The highest BCUT2D eigenvalue weighted by atomic mass is 31.2. The lowest BCUT2D eigenvalue weighted by atomic mass is 10.1. The van der Waals surface area contributed by atoms with Gasteiger partial charge in [0, 0.05) is 25.7 Å². The van der Waals surface area contributed by atoms with E-state index in [1.807, 2.05) is 0 Å². The molecule has 5 unspecified atom stereocenters. The normalized spacial score (nSPS) is 14.6. The molecule has 17 nitrogen and oxygen atoms in total. The first-order valence-electron chi connectivity index (χ1n) is 42.4. The number of esters is 4. The maximum Gasteiger partial charge on any atom is 0.472 e. The Morgan fingerprint density at radius 2 is 0.473 bits per heavy atom. The van der Waals surface area contributed by atoms with Crippen molar-refractivity contribution in [2.24, 2.45) is 0 Å². The third-order valence-corrected chi connectivity index (χ3v) is 19.1. The van der Waals surface area contributed by atoms with Gasteiger partial charge in [-0.1, -0.05) is 294 Å². The molecule has 0 spiro atoms. The molecule has 0 amide bonds. The summed E-state index contributed by atoms with van der Waals surface area (Å²) in [4.78, 5) is 73.3. The predicted octanol–water partition coefficient (Wildman–Crippen LogP) is 25.3. The molecule has 0 aromatic rings. The van der Waals surface area contributed by atoms with Gasteiger partial charge in [0.25, 0.3) is 0 Å². The molecule has 0 aromatic heterocycles. The molecular weight excluding hydrogens is 1430 g/mol. The van der Waals surface area contributed by atoms with E-state index in [1.165, 1.54) is 38.5 Å². The quantitative estimate of drug-likeness (QED) is 0.0169. The Kier molecular flexibility index (Phi) is 77.3. The molecule has 3 N–H and O–H groups in total. The molecule has 0 aliphatic heterocycles. The number of carbonyl (C=O) groups excluding carboxylic acids is 4. The summed E-state index contributed by atoms with van der Waals surface area (Å²) in [6.45, 7) is 4.45. The number of allylic oxidation sites excluding steroid dienone is 28. The number of rotatable bonds is 78. The second kappa shape index (κ2) is 81.4. The van der Waals surface area contributed by atoms with Crippen LogP contribution in [0.25, 0.3) is 0 Å². The first kappa shape index (κ1) is 104. The fraction of sp³-hybridized carbons (Fsp3) is 0.648. The Hall–Kier alpha value is -5.58. The number of aliphatic hydroxyl groups excluding tert-OH is 1. The van der Waals surface area contributed by atoms with Crippen LogP contribution >= 0.6 is 15.6 Å². The van der Waals surface area contributed by atoms with Crippen LogP contribution in [0.15, 0.2) is 170 Å². The highest BCUT2D eigenvalue weighted by molar-refractivity contribution is 7.47. The number of carbonyl (C=O) groups is 4. The Balaban J connectivity index is 5.46. The van der Waals surface area contributed by atoms with E-state index >= 15 is 0 Å². The van der Waals surface area contributed by atoms with E-state index in [0.29, 0.717) is 25.7 Å². The zero-order chi connectivity index (χ0) is 80.3. The number of phosphoric ester groups is 2. The molecule has 5 atom stereocenters. The Labute approximate surface area is 667 Å². The fourth-order valence-electron chi connectivity index (χ4n) is 10.8. The summed E-state index contributed by atoms with van der Waals surface area (Å²) in [5.41, 5.74) is 0. The van der Waals surface area contributed by atoms with Crippen LogP contribution in [0.3, 0.4) is 0 Å². The first-order chi connectivity index (χ1) is 53.7. The summed E-state index contributed by atoms with van der Waals surface area (Å²) in [6, 6.07) is 0. The smallest absolute Gasteiger partial charge is 0.462 e. The molecule has 0 saturated carbocycles. The van der Waals surface area contributed by atoms with Crippen LogP contribution in [-0.2, 0) is 65.4 Å². The second-order valence-electron chi connectivity index (χ2n) is 27.6. The van der Waals surface area contributed by atoms with Gasteiger partial charge in [-0.15, -0.1) is 0 Å². The number of phosphoric acid groups is 2. The van der Waals surface area contributed by atoms with E-state index in [1.54, 1.807) is 0 Å². The summed E-state index contributed by atoms with van der Waals surface area (Å²) >= 11 is 0. The van der Waals surface area contributed by atoms with E-state index in [4.69, 9.17) is 37.0 Å². The minimum Gasteiger partial charge on any atom is -0.462 e. The highest BCUT2D eigenvalue weighted by Gasteiger charge is 2.30. The van der Waals surface area contributed by atoms with Crippen molar-refractivity contribution in [3.63, 3.8) is 0 Å². The third-order valence-electron chi connectivity index (χ3n) is 17.2. The fourth-order valence-corrected chi connectivity index (χ4v) is 12.4. The summed E-state index contributed by atoms with van der Waals surface area (Å²) in [7, 11) is -10.0. The molecule has 0 aliphatic rings. The van der Waals surface area contributed by atoms with Gasteiger partial charge >= 0.3 is 39.5 Å². The largest absolute Gasteiger partial charge is 0.472 e. The van der Waals surface area contributed by atoms with Crippen molar-refractivity contribution in [1.82, 2.24) is 0 Å². The van der Waals surface area contributed by atoms with Crippen LogP contribution < -0.4 is 0 Å². The summed E-state index contributed by atoms with van der Waals surface area (Å²) in [5.74, 6) is -2.27. The standard InChI is InChI=1S/C91H150O17P2/c1-5-9-13-17-21-25-29-33-37-40-42-45-48-51-55-59-63-67-71-75-88(93)101-81-86(107-90(95)77-73-69-65-61-57-53-47-36-32-28-24-20-16-12-8-4)83-105-109(97,98)103-79-85(92)80-104-110(99,100)106-84-87(108-91(96)78-74-70-66-62-58-54-50-44-39-35-31-27-23-19-15-11-7-3)82-102-89(94)76-72-68-64-60-56-52-49-46-43-41-38-34-30-26-22-18-14-10-6-2/h9-11,13-15,21-23,25-27,33-39,42-43,45-47,50-51,54-55,85-87,92H,5-8,12,16-20,24,28-32,40-41,44,48-49,52-53,56-84H2,1-4H3,(H,97,98)(H,99,100)/b13-9-,14-10-,15-11-,25-21-,26-22-,27-23-,37-33-,38-34-,39-35-,45-42-,46-43-,47-36-,54-50-,55-51-. The van der Waals surface area contributed by atoms with E-state index < -0.39 is 97.5 Å². The molecule has 626 valence electrons. The van der Waals surface area contributed by atoms with E-state index in [-0.39, 0.29) is 25.7 Å². The number of ether oxygens (including phenoxy) is 4. The van der Waals surface area contributed by atoms with Crippen molar-refractivity contribution in [2.45, 2.75) is 341 Å². The molecule has 0 radical (unpaired) electrons. The molecule has 110 heavy (non-hydrogen) atoms. The Morgan fingerprint density at radius 3 is 0.745 bits per heavy atom. The lowest BCUT2D eigenvalue weighted by Gasteiger charge is -2.21. The monoisotopic (exact) mass is 1580 g/mol. The molecule has 0 bridgehead atoms. The van der Waals surface area contributed by atoms with Gasteiger partial charge in [-0.05, 0) is 173 Å². The molecular formula is C91H150O17P2. The van der Waals surface area contributed by atoms with Gasteiger partial charge in [0.1, 0.15) is 19.3 Å². The van der Waals surface area contributed by atoms with Gasteiger partial charge in [-0.3, -0.25) is 37.3 Å². The average Bonchev–Trinajstić information content (AvgIpc) is 0.899. The summed E-state index contributed by atoms with van der Waals surface area (Å²) in [5, 5.41) is 10.7. The van der Waals surface area contributed by atoms with Crippen molar-refractivity contribution in [3.8, 4) is 0 Å². The number of hydrogen-bond donors (Lipinski definition) is 3. The Morgan fingerprint density at radius 1 is 0.264 bits per heavy atom. The van der Waals surface area contributed by atoms with E-state index in [0.717, 1.165) is 205 Å². The molecule has 0 fully saturated rings. The number of unbranched alkanes of at least 4 members (excludes halogenated alkanes) is 24. The van der Waals surface area contributed by atoms with Gasteiger partial charge in [-0.2, -0.15) is 0 Å². The molecule has 0 saturated heterocycles. The van der Waals surface area contributed by atoms with Crippen LogP contribution in [0.2, 0.25) is 0 Å². The van der Waals surface area contributed by atoms with Crippen molar-refractivity contribution in [3.05, 3.63) is 170 Å². The van der Waals surface area contributed by atoms with Crippen LogP contribution in [0.1, 0.15) is 323 Å². The highest BCUT2D eigenvalue weighted by Crippen LogP contribution is 2.45. The minimum absolute atomic E-state index is 0.0570. The van der Waals surface area contributed by atoms with Gasteiger partial charge in [-0.25, -0.2) is 9.13 Å². The van der Waals surface area contributed by atoms with Gasteiger partial charge < -0.3 is 33.8 Å². The zero-order valence-corrected chi connectivity index (χ0v) is 70.4. The minimum atomic E-state index is -5.00. The van der Waals surface area contributed by atoms with Crippen molar-refractivity contribution >= 4 is 39.5 Å². The zero-order valence-electron chi connectivity index (χ0n) is 68.6. The van der Waals surface area contributed by atoms with Gasteiger partial charge in [0.2, 0.25) is 0 Å². The number of aliphatic hydroxyl groups is 1. The predicted molar refractivity (Wildman–Crippen MR) is 454 cm³/mol. The van der Waals surface area contributed by atoms with Crippen molar-refractivity contribution < 1.29 is 80.2 Å². The molecule has 0 aromatic carbocycles. The second-order valence-corrected chi connectivity index (χ2v) is 30.5. The lowest BCUT2D eigenvalue weighted by Crippen LogP contribution is -2.30. The molecule has 0 heterocycles. The van der Waals surface area contributed by atoms with Gasteiger partial charge in [0.15, 0.2) is 12.2 Å². The van der Waals surface area contributed by atoms with Crippen LogP contribution in [0.5, 0.6) is 0 Å². The third kappa shape index (κ3) is 80.5. The number of hydrogen-bond acceptors (Lipinski definition) is 15. The maximum atomic E-state index is 13.1. The SMILES string of the molecule is CC/C=C\C/C=C\C/C=C\C/C=C\C/C=C\CCCCCC(=O)OCC(COP(=O)(O)OCC(O)COP(=O)(O)OCC(COC(=O)CCCCCCCC/C=C\C/C=C\C/C=C\C/C=C\CC)OC(=O)CCCCCC/C=C\C/C=C\C/C=C\C/C=C\CC)OC(=O)CCCCCCC/C=C\CCCCCCCC. The van der Waals surface area contributed by atoms with E-state index in [9.17, 15) is 43.2 Å². The lowest BCUT2D eigenvalue weighted by molar-refractivity contribution is -0.161. The molecule has 0 rings (SSSR count). The topological polar surface area (TPSA) is 237 Å². The summed E-state index contributed by atoms with van der Waals surface area (Å²) < 4.78 is 68.8. The van der Waals surface area contributed by atoms with Gasteiger partial charge in [0.05, 0.1) is 26.4 Å².